The first kappa shape index (κ1) is 18.7. The topological polar surface area (TPSA) is 87.9 Å². The summed E-state index contributed by atoms with van der Waals surface area (Å²) < 4.78 is 5.44. The van der Waals surface area contributed by atoms with Crippen molar-refractivity contribution in [3.63, 3.8) is 0 Å². The Balaban J connectivity index is 1.58. The van der Waals surface area contributed by atoms with E-state index in [0.717, 1.165) is 40.4 Å². The maximum absolute atomic E-state index is 12.5. The van der Waals surface area contributed by atoms with Gasteiger partial charge in [-0.3, -0.25) is 9.78 Å². The lowest BCUT2D eigenvalue weighted by Gasteiger charge is -2.30. The van der Waals surface area contributed by atoms with Crippen LogP contribution < -0.4 is 0 Å². The smallest absolute Gasteiger partial charge is 0.274 e. The number of carbonyl (C=O) groups excluding carboxylic acids is 1. The van der Waals surface area contributed by atoms with Crippen molar-refractivity contribution in [1.29, 1.82) is 0 Å². The lowest BCUT2D eigenvalue weighted by atomic mass is 9.94. The molecule has 0 bridgehead atoms. The van der Waals surface area contributed by atoms with Gasteiger partial charge in [-0.2, -0.15) is 16.7 Å². The highest BCUT2D eigenvalue weighted by atomic mass is 32.2. The van der Waals surface area contributed by atoms with Gasteiger partial charge in [-0.1, -0.05) is 12.1 Å². The highest BCUT2D eigenvalue weighted by Gasteiger charge is 2.26. The SMILES string of the molecule is CCSCCC(=O)N1CCc2c(cnc(C)c2-c2noc(-c3ccc[nH]3)n2)C1. The summed E-state index contributed by atoms with van der Waals surface area (Å²) in [5, 5.41) is 4.19. The Labute approximate surface area is 167 Å². The van der Waals surface area contributed by atoms with Gasteiger partial charge in [0.1, 0.15) is 5.69 Å². The highest BCUT2D eigenvalue weighted by Crippen LogP contribution is 2.31. The minimum atomic E-state index is 0.210. The second-order valence-corrected chi connectivity index (χ2v) is 8.14. The molecule has 0 saturated heterocycles. The standard InChI is InChI=1S/C20H23N5O2S/c1-3-28-10-7-17(26)25-9-6-15-14(12-25)11-22-13(2)18(15)19-23-20(27-24-19)16-5-4-8-21-16/h4-5,8,11,21H,3,6-7,9-10,12H2,1-2H3. The quantitative estimate of drug-likeness (QED) is 0.641. The van der Waals surface area contributed by atoms with Crippen molar-refractivity contribution in [2.75, 3.05) is 18.1 Å². The molecule has 4 rings (SSSR count). The second-order valence-electron chi connectivity index (χ2n) is 6.74. The molecule has 4 heterocycles. The van der Waals surface area contributed by atoms with Crippen LogP contribution in [0.1, 0.15) is 30.2 Å². The number of fused-ring (bicyclic) bond motifs is 1. The summed E-state index contributed by atoms with van der Waals surface area (Å²) in [5.41, 5.74) is 4.81. The van der Waals surface area contributed by atoms with Crippen molar-refractivity contribution < 1.29 is 9.32 Å². The van der Waals surface area contributed by atoms with E-state index in [9.17, 15) is 4.79 Å². The Morgan fingerprint density at radius 2 is 2.32 bits per heavy atom. The maximum Gasteiger partial charge on any atom is 0.274 e. The van der Waals surface area contributed by atoms with Crippen LogP contribution in [0.15, 0.2) is 29.0 Å². The van der Waals surface area contributed by atoms with Gasteiger partial charge in [0.2, 0.25) is 11.7 Å². The van der Waals surface area contributed by atoms with Crippen LogP contribution in [0.2, 0.25) is 0 Å². The van der Waals surface area contributed by atoms with Gasteiger partial charge in [0.05, 0.1) is 0 Å². The molecule has 1 aliphatic heterocycles. The zero-order valence-corrected chi connectivity index (χ0v) is 16.9. The van der Waals surface area contributed by atoms with Crippen molar-refractivity contribution in [1.82, 2.24) is 25.0 Å². The summed E-state index contributed by atoms with van der Waals surface area (Å²) in [7, 11) is 0. The Kier molecular flexibility index (Phi) is 5.47. The number of carbonyl (C=O) groups is 1. The van der Waals surface area contributed by atoms with Gasteiger partial charge in [-0.05, 0) is 42.4 Å². The number of H-pyrrole nitrogens is 1. The molecule has 0 spiro atoms. The number of hydrogen-bond donors (Lipinski definition) is 1. The first-order valence-corrected chi connectivity index (χ1v) is 10.6. The lowest BCUT2D eigenvalue weighted by molar-refractivity contribution is -0.131. The molecule has 8 heteroatoms. The van der Waals surface area contributed by atoms with E-state index in [-0.39, 0.29) is 5.91 Å². The highest BCUT2D eigenvalue weighted by molar-refractivity contribution is 7.99. The molecule has 1 aliphatic rings. The monoisotopic (exact) mass is 397 g/mol. The number of nitrogens with zero attached hydrogens (tertiary/aromatic N) is 4. The Bertz CT molecular complexity index is 967. The van der Waals surface area contributed by atoms with Crippen LogP contribution in [0.4, 0.5) is 0 Å². The average Bonchev–Trinajstić information content (AvgIpc) is 3.39. The molecule has 3 aromatic heterocycles. The van der Waals surface area contributed by atoms with Crippen molar-refractivity contribution in [2.45, 2.75) is 33.2 Å². The maximum atomic E-state index is 12.5. The van der Waals surface area contributed by atoms with E-state index in [2.05, 4.69) is 27.0 Å². The van der Waals surface area contributed by atoms with E-state index in [1.807, 2.05) is 36.4 Å². The van der Waals surface area contributed by atoms with Crippen LogP contribution in [-0.4, -0.2) is 49.0 Å². The van der Waals surface area contributed by atoms with Gasteiger partial charge in [0, 0.05) is 48.9 Å². The van der Waals surface area contributed by atoms with Crippen LogP contribution in [0.25, 0.3) is 23.0 Å². The normalized spacial score (nSPS) is 13.6. The molecular formula is C20H23N5O2S. The first-order valence-electron chi connectivity index (χ1n) is 9.48. The van der Waals surface area contributed by atoms with Gasteiger partial charge in [0.15, 0.2) is 0 Å². The summed E-state index contributed by atoms with van der Waals surface area (Å²) in [6.45, 7) is 5.37. The molecule has 3 aromatic rings. The number of pyridine rings is 1. The molecule has 0 unspecified atom stereocenters. The second kappa shape index (κ2) is 8.18. The summed E-state index contributed by atoms with van der Waals surface area (Å²) in [4.78, 5) is 26.6. The summed E-state index contributed by atoms with van der Waals surface area (Å²) in [6.07, 6.45) is 5.05. The largest absolute Gasteiger partial charge is 0.357 e. The molecule has 146 valence electrons. The fraction of sp³-hybridized carbons (Fsp3) is 0.400. The van der Waals surface area contributed by atoms with Crippen molar-refractivity contribution >= 4 is 17.7 Å². The van der Waals surface area contributed by atoms with Crippen molar-refractivity contribution in [3.05, 3.63) is 41.3 Å². The number of aryl methyl sites for hydroxylation is 1. The minimum absolute atomic E-state index is 0.210. The number of hydrogen-bond acceptors (Lipinski definition) is 6. The molecule has 0 radical (unpaired) electrons. The number of amides is 1. The zero-order chi connectivity index (χ0) is 19.5. The summed E-state index contributed by atoms with van der Waals surface area (Å²) >= 11 is 1.80. The Hall–Kier alpha value is -2.61. The van der Waals surface area contributed by atoms with Gasteiger partial charge in [-0.25, -0.2) is 0 Å². The van der Waals surface area contributed by atoms with Gasteiger partial charge < -0.3 is 14.4 Å². The van der Waals surface area contributed by atoms with Crippen molar-refractivity contribution in [3.8, 4) is 23.0 Å². The van der Waals surface area contributed by atoms with E-state index < -0.39 is 0 Å². The Morgan fingerprint density at radius 3 is 3.11 bits per heavy atom. The average molecular weight is 398 g/mol. The number of rotatable bonds is 6. The lowest BCUT2D eigenvalue weighted by Crippen LogP contribution is -2.36. The Morgan fingerprint density at radius 1 is 1.43 bits per heavy atom. The molecule has 0 atom stereocenters. The van der Waals surface area contributed by atoms with Gasteiger partial charge in [0.25, 0.3) is 5.89 Å². The fourth-order valence-corrected chi connectivity index (χ4v) is 4.13. The molecular weight excluding hydrogens is 374 g/mol. The van der Waals surface area contributed by atoms with Crippen LogP contribution >= 0.6 is 11.8 Å². The van der Waals surface area contributed by atoms with Gasteiger partial charge >= 0.3 is 0 Å². The van der Waals surface area contributed by atoms with Crippen molar-refractivity contribution in [2.24, 2.45) is 0 Å². The predicted octanol–water partition coefficient (Wildman–Crippen LogP) is 3.46. The number of aromatic nitrogens is 4. The first-order chi connectivity index (χ1) is 13.7. The van der Waals surface area contributed by atoms with E-state index in [1.54, 1.807) is 11.8 Å². The third kappa shape index (κ3) is 3.69. The number of nitrogens with one attached hydrogen (secondary N) is 1. The fourth-order valence-electron chi connectivity index (χ4n) is 3.52. The van der Waals surface area contributed by atoms with Crippen LogP contribution in [0.3, 0.4) is 0 Å². The van der Waals surface area contributed by atoms with Crippen LogP contribution in [0, 0.1) is 6.92 Å². The zero-order valence-electron chi connectivity index (χ0n) is 16.1. The summed E-state index contributed by atoms with van der Waals surface area (Å²) in [5.74, 6) is 3.13. The number of aromatic amines is 1. The van der Waals surface area contributed by atoms with Crippen LogP contribution in [-0.2, 0) is 17.8 Å². The van der Waals surface area contributed by atoms with Gasteiger partial charge in [-0.15, -0.1) is 0 Å². The third-order valence-electron chi connectivity index (χ3n) is 4.95. The van der Waals surface area contributed by atoms with E-state index in [4.69, 9.17) is 4.52 Å². The molecule has 7 nitrogen and oxygen atoms in total. The molecule has 0 aromatic carbocycles. The van der Waals surface area contributed by atoms with Crippen LogP contribution in [0.5, 0.6) is 0 Å². The molecule has 28 heavy (non-hydrogen) atoms. The molecule has 1 N–H and O–H groups in total. The summed E-state index contributed by atoms with van der Waals surface area (Å²) in [6, 6.07) is 3.78. The molecule has 1 amide bonds. The molecule has 0 saturated carbocycles. The third-order valence-corrected chi connectivity index (χ3v) is 5.85. The van der Waals surface area contributed by atoms with E-state index in [0.29, 0.717) is 31.2 Å². The number of thioether (sulfide) groups is 1. The predicted molar refractivity (Wildman–Crippen MR) is 109 cm³/mol. The van der Waals surface area contributed by atoms with E-state index >= 15 is 0 Å². The molecule has 0 fully saturated rings. The molecule has 0 aliphatic carbocycles. The minimum Gasteiger partial charge on any atom is -0.357 e. The van der Waals surface area contributed by atoms with E-state index in [1.165, 1.54) is 5.56 Å².